The van der Waals surface area contributed by atoms with Gasteiger partial charge in [-0.25, -0.2) is 4.79 Å². The third kappa shape index (κ3) is 3.86. The summed E-state index contributed by atoms with van der Waals surface area (Å²) in [4.78, 5) is 10.9. The van der Waals surface area contributed by atoms with Gasteiger partial charge in [-0.3, -0.25) is 0 Å². The zero-order valence-electron chi connectivity index (χ0n) is 11.5. The number of rotatable bonds is 5. The second kappa shape index (κ2) is 6.95. The van der Waals surface area contributed by atoms with Crippen LogP contribution >= 0.6 is 11.6 Å². The summed E-state index contributed by atoms with van der Waals surface area (Å²) in [5.74, 6) is -0.239. The molecule has 0 aromatic heterocycles. The number of carbonyl (C=O) groups is 1. The van der Waals surface area contributed by atoms with Crippen LogP contribution in [0.15, 0.2) is 48.5 Å². The lowest BCUT2D eigenvalue weighted by Gasteiger charge is -2.10. The Morgan fingerprint density at radius 2 is 2.05 bits per heavy atom. The fourth-order valence-electron chi connectivity index (χ4n) is 1.88. The summed E-state index contributed by atoms with van der Waals surface area (Å²) in [7, 11) is 0. The molecule has 0 saturated carbocycles. The Hall–Kier alpha value is -2.26. The van der Waals surface area contributed by atoms with Crippen LogP contribution < -0.4 is 4.74 Å². The summed E-state index contributed by atoms with van der Waals surface area (Å²) < 4.78 is 5.77. The SMILES string of the molecule is C/C=C/c1ccccc1OCc1ccc(C(=O)O)cc1Cl. The lowest BCUT2D eigenvalue weighted by atomic mass is 10.1. The molecule has 0 spiro atoms. The van der Waals surface area contributed by atoms with E-state index in [1.54, 1.807) is 6.07 Å². The minimum Gasteiger partial charge on any atom is -0.488 e. The second-order valence-electron chi connectivity index (χ2n) is 4.44. The van der Waals surface area contributed by atoms with E-state index in [-0.39, 0.29) is 12.2 Å². The zero-order valence-corrected chi connectivity index (χ0v) is 12.3. The van der Waals surface area contributed by atoms with Gasteiger partial charge in [-0.1, -0.05) is 48.0 Å². The maximum Gasteiger partial charge on any atom is 0.335 e. The van der Waals surface area contributed by atoms with Gasteiger partial charge in [-0.05, 0) is 25.1 Å². The second-order valence-corrected chi connectivity index (χ2v) is 4.85. The molecule has 21 heavy (non-hydrogen) atoms. The van der Waals surface area contributed by atoms with Crippen molar-refractivity contribution < 1.29 is 14.6 Å². The average molecular weight is 303 g/mol. The molecule has 2 aromatic rings. The quantitative estimate of drug-likeness (QED) is 0.874. The van der Waals surface area contributed by atoms with Gasteiger partial charge in [0.25, 0.3) is 0 Å². The first-order valence-electron chi connectivity index (χ1n) is 6.48. The van der Waals surface area contributed by atoms with E-state index in [0.29, 0.717) is 5.02 Å². The first-order valence-corrected chi connectivity index (χ1v) is 6.86. The van der Waals surface area contributed by atoms with Gasteiger partial charge in [0.05, 0.1) is 5.56 Å². The van der Waals surface area contributed by atoms with E-state index in [4.69, 9.17) is 21.4 Å². The Bertz CT molecular complexity index is 677. The van der Waals surface area contributed by atoms with Crippen molar-refractivity contribution in [1.82, 2.24) is 0 Å². The van der Waals surface area contributed by atoms with Crippen LogP contribution in [0.25, 0.3) is 6.08 Å². The van der Waals surface area contributed by atoms with Gasteiger partial charge in [-0.15, -0.1) is 0 Å². The highest BCUT2D eigenvalue weighted by atomic mass is 35.5. The summed E-state index contributed by atoms with van der Waals surface area (Å²) in [6.45, 7) is 2.23. The zero-order chi connectivity index (χ0) is 15.2. The molecular formula is C17H15ClO3. The van der Waals surface area contributed by atoms with Gasteiger partial charge < -0.3 is 9.84 Å². The normalized spacial score (nSPS) is 10.8. The molecule has 0 fully saturated rings. The molecule has 0 atom stereocenters. The number of aromatic carboxylic acids is 1. The minimum absolute atomic E-state index is 0.165. The van der Waals surface area contributed by atoms with Crippen molar-refractivity contribution >= 4 is 23.6 Å². The molecule has 0 aliphatic heterocycles. The van der Waals surface area contributed by atoms with E-state index in [2.05, 4.69) is 0 Å². The van der Waals surface area contributed by atoms with E-state index in [1.165, 1.54) is 12.1 Å². The van der Waals surface area contributed by atoms with Gasteiger partial charge in [0.15, 0.2) is 0 Å². The van der Waals surface area contributed by atoms with Crippen LogP contribution in [0.5, 0.6) is 5.75 Å². The number of halogens is 1. The molecule has 0 radical (unpaired) electrons. The first kappa shape index (κ1) is 15.1. The van der Waals surface area contributed by atoms with Crippen molar-refractivity contribution in [3.63, 3.8) is 0 Å². The highest BCUT2D eigenvalue weighted by Crippen LogP contribution is 2.23. The molecule has 2 aromatic carbocycles. The van der Waals surface area contributed by atoms with E-state index >= 15 is 0 Å². The molecule has 108 valence electrons. The number of allylic oxidation sites excluding steroid dienone is 1. The van der Waals surface area contributed by atoms with Gasteiger partial charge in [0, 0.05) is 16.1 Å². The fourth-order valence-corrected chi connectivity index (χ4v) is 2.12. The minimum atomic E-state index is -0.997. The van der Waals surface area contributed by atoms with Crippen LogP contribution in [0.4, 0.5) is 0 Å². The standard InChI is InChI=1S/C17H15ClO3/c1-2-5-12-6-3-4-7-16(12)21-11-14-9-8-13(17(19)20)10-15(14)18/h2-10H,11H2,1H3,(H,19,20)/b5-2+. The monoisotopic (exact) mass is 302 g/mol. The molecule has 0 amide bonds. The van der Waals surface area contributed by atoms with Crippen molar-refractivity contribution in [2.45, 2.75) is 13.5 Å². The summed E-state index contributed by atoms with van der Waals surface area (Å²) >= 11 is 6.08. The summed E-state index contributed by atoms with van der Waals surface area (Å²) in [6, 6.07) is 12.3. The molecule has 1 N–H and O–H groups in total. The Balaban J connectivity index is 2.15. The third-order valence-electron chi connectivity index (χ3n) is 2.95. The Labute approximate surface area is 128 Å². The smallest absolute Gasteiger partial charge is 0.335 e. The van der Waals surface area contributed by atoms with Crippen LogP contribution in [-0.2, 0) is 6.61 Å². The van der Waals surface area contributed by atoms with Crippen molar-refractivity contribution in [2.24, 2.45) is 0 Å². The number of ether oxygens (including phenoxy) is 1. The predicted octanol–water partition coefficient (Wildman–Crippen LogP) is 4.65. The van der Waals surface area contributed by atoms with Crippen LogP contribution in [0.2, 0.25) is 5.02 Å². The molecule has 0 bridgehead atoms. The predicted molar refractivity (Wildman–Crippen MR) is 83.9 cm³/mol. The molecule has 4 heteroatoms. The van der Waals surface area contributed by atoms with Gasteiger partial charge >= 0.3 is 5.97 Å². The number of benzene rings is 2. The van der Waals surface area contributed by atoms with Crippen molar-refractivity contribution in [2.75, 3.05) is 0 Å². The van der Waals surface area contributed by atoms with E-state index in [1.807, 2.05) is 43.3 Å². The Kier molecular flexibility index (Phi) is 5.01. The summed E-state index contributed by atoms with van der Waals surface area (Å²) in [5, 5.41) is 9.29. The van der Waals surface area contributed by atoms with Crippen LogP contribution in [0, 0.1) is 0 Å². The lowest BCUT2D eigenvalue weighted by molar-refractivity contribution is 0.0697. The van der Waals surface area contributed by atoms with Crippen molar-refractivity contribution in [3.05, 3.63) is 70.3 Å². The number of hydrogen-bond acceptors (Lipinski definition) is 2. The van der Waals surface area contributed by atoms with Crippen molar-refractivity contribution in [1.29, 1.82) is 0 Å². The molecule has 0 saturated heterocycles. The molecule has 3 nitrogen and oxygen atoms in total. The molecular weight excluding hydrogens is 288 g/mol. The van der Waals surface area contributed by atoms with E-state index in [9.17, 15) is 4.79 Å². The fraction of sp³-hybridized carbons (Fsp3) is 0.118. The van der Waals surface area contributed by atoms with Crippen molar-refractivity contribution in [3.8, 4) is 5.75 Å². The molecule has 2 rings (SSSR count). The highest BCUT2D eigenvalue weighted by Gasteiger charge is 2.08. The van der Waals surface area contributed by atoms with E-state index < -0.39 is 5.97 Å². The van der Waals surface area contributed by atoms with Gasteiger partial charge in [-0.2, -0.15) is 0 Å². The molecule has 0 aliphatic rings. The largest absolute Gasteiger partial charge is 0.488 e. The van der Waals surface area contributed by atoms with Crippen LogP contribution in [-0.4, -0.2) is 11.1 Å². The average Bonchev–Trinajstić information content (AvgIpc) is 2.47. The Morgan fingerprint density at radius 3 is 2.71 bits per heavy atom. The number of carboxylic acids is 1. The lowest BCUT2D eigenvalue weighted by Crippen LogP contribution is -2.01. The first-order chi connectivity index (χ1) is 10.1. The number of para-hydroxylation sites is 1. The third-order valence-corrected chi connectivity index (χ3v) is 3.30. The van der Waals surface area contributed by atoms with Gasteiger partial charge in [0.1, 0.15) is 12.4 Å². The molecule has 0 aliphatic carbocycles. The van der Waals surface area contributed by atoms with Gasteiger partial charge in [0.2, 0.25) is 0 Å². The summed E-state index contributed by atoms with van der Waals surface area (Å²) in [5.41, 5.74) is 1.90. The van der Waals surface area contributed by atoms with E-state index in [0.717, 1.165) is 16.9 Å². The number of hydrogen-bond donors (Lipinski definition) is 1. The maximum absolute atomic E-state index is 10.9. The van der Waals surface area contributed by atoms with Crippen LogP contribution in [0.3, 0.4) is 0 Å². The molecule has 0 unspecified atom stereocenters. The Morgan fingerprint density at radius 1 is 1.29 bits per heavy atom. The number of carboxylic acid groups (broad SMARTS) is 1. The highest BCUT2D eigenvalue weighted by molar-refractivity contribution is 6.31. The summed E-state index contributed by atoms with van der Waals surface area (Å²) in [6.07, 6.45) is 3.90. The maximum atomic E-state index is 10.9. The van der Waals surface area contributed by atoms with Crippen LogP contribution in [0.1, 0.15) is 28.4 Å². The topological polar surface area (TPSA) is 46.5 Å². The molecule has 0 heterocycles.